The highest BCUT2D eigenvalue weighted by Crippen LogP contribution is 2.24. The Morgan fingerprint density at radius 3 is 2.72 bits per heavy atom. The van der Waals surface area contributed by atoms with Gasteiger partial charge < -0.3 is 5.73 Å². The standard InChI is InChI=1S/C14H18BrN3/c1-3-10-8-11(18(2)17-10)9-14(16)12-6-4-5-7-13(12)15/h4-8,14H,3,9,16H2,1-2H3. The molecule has 1 aromatic carbocycles. The highest BCUT2D eigenvalue weighted by molar-refractivity contribution is 9.10. The molecule has 0 aliphatic carbocycles. The minimum absolute atomic E-state index is 0.0133. The van der Waals surface area contributed by atoms with E-state index in [4.69, 9.17) is 5.73 Å². The van der Waals surface area contributed by atoms with E-state index in [2.05, 4.69) is 40.1 Å². The summed E-state index contributed by atoms with van der Waals surface area (Å²) in [4.78, 5) is 0. The van der Waals surface area contributed by atoms with Crippen LogP contribution >= 0.6 is 15.9 Å². The first-order chi connectivity index (χ1) is 8.61. The Kier molecular flexibility index (Phi) is 4.19. The Labute approximate surface area is 116 Å². The third kappa shape index (κ3) is 2.82. The van der Waals surface area contributed by atoms with Gasteiger partial charge in [0, 0.05) is 29.7 Å². The van der Waals surface area contributed by atoms with Crippen molar-refractivity contribution in [2.75, 3.05) is 0 Å². The van der Waals surface area contributed by atoms with E-state index in [0.717, 1.165) is 28.6 Å². The van der Waals surface area contributed by atoms with Gasteiger partial charge in [-0.2, -0.15) is 5.10 Å². The molecule has 0 fully saturated rings. The zero-order valence-corrected chi connectivity index (χ0v) is 12.3. The molecule has 96 valence electrons. The molecule has 0 radical (unpaired) electrons. The number of hydrogen-bond acceptors (Lipinski definition) is 2. The van der Waals surface area contributed by atoms with Gasteiger partial charge >= 0.3 is 0 Å². The Balaban J connectivity index is 2.18. The van der Waals surface area contributed by atoms with Gasteiger partial charge in [0.15, 0.2) is 0 Å². The number of aromatic nitrogens is 2. The van der Waals surface area contributed by atoms with Gasteiger partial charge in [-0.1, -0.05) is 41.1 Å². The topological polar surface area (TPSA) is 43.8 Å². The number of aryl methyl sites for hydroxylation is 2. The molecule has 4 heteroatoms. The van der Waals surface area contributed by atoms with E-state index in [9.17, 15) is 0 Å². The van der Waals surface area contributed by atoms with Crippen LogP contribution in [0.4, 0.5) is 0 Å². The van der Waals surface area contributed by atoms with Gasteiger partial charge in [-0.3, -0.25) is 4.68 Å². The smallest absolute Gasteiger partial charge is 0.0624 e. The number of hydrogen-bond donors (Lipinski definition) is 1. The zero-order chi connectivity index (χ0) is 13.1. The summed E-state index contributed by atoms with van der Waals surface area (Å²) in [6.07, 6.45) is 1.75. The lowest BCUT2D eigenvalue weighted by Gasteiger charge is -2.13. The molecule has 1 heterocycles. The van der Waals surface area contributed by atoms with Crippen LogP contribution < -0.4 is 5.73 Å². The Bertz CT molecular complexity index is 534. The summed E-state index contributed by atoms with van der Waals surface area (Å²) in [5.41, 5.74) is 9.71. The van der Waals surface area contributed by atoms with Crippen LogP contribution in [0.1, 0.15) is 29.9 Å². The Morgan fingerprint density at radius 2 is 2.11 bits per heavy atom. The van der Waals surface area contributed by atoms with Crippen molar-refractivity contribution in [3.8, 4) is 0 Å². The number of halogens is 1. The fraction of sp³-hybridized carbons (Fsp3) is 0.357. The molecule has 0 aliphatic heterocycles. The van der Waals surface area contributed by atoms with Crippen LogP contribution in [-0.2, 0) is 19.9 Å². The lowest BCUT2D eigenvalue weighted by molar-refractivity contribution is 0.637. The van der Waals surface area contributed by atoms with Gasteiger partial charge in [0.1, 0.15) is 0 Å². The molecule has 2 rings (SSSR count). The molecule has 18 heavy (non-hydrogen) atoms. The average molecular weight is 308 g/mol. The van der Waals surface area contributed by atoms with Crippen LogP contribution in [0.25, 0.3) is 0 Å². The molecule has 1 aromatic heterocycles. The monoisotopic (exact) mass is 307 g/mol. The van der Waals surface area contributed by atoms with Gasteiger partial charge in [-0.15, -0.1) is 0 Å². The second-order valence-corrected chi connectivity index (χ2v) is 5.29. The molecule has 0 bridgehead atoms. The number of nitrogens with zero attached hydrogens (tertiary/aromatic N) is 2. The summed E-state index contributed by atoms with van der Waals surface area (Å²) in [7, 11) is 1.97. The highest BCUT2D eigenvalue weighted by Gasteiger charge is 2.13. The quantitative estimate of drug-likeness (QED) is 0.943. The molecule has 0 spiro atoms. The van der Waals surface area contributed by atoms with E-state index in [1.807, 2.05) is 29.9 Å². The van der Waals surface area contributed by atoms with Crippen molar-refractivity contribution in [1.29, 1.82) is 0 Å². The van der Waals surface area contributed by atoms with Gasteiger partial charge in [0.25, 0.3) is 0 Å². The second kappa shape index (κ2) is 5.67. The fourth-order valence-corrected chi connectivity index (χ4v) is 2.63. The number of nitrogens with two attached hydrogens (primary N) is 1. The third-order valence-corrected chi connectivity index (χ3v) is 3.85. The van der Waals surface area contributed by atoms with E-state index >= 15 is 0 Å². The van der Waals surface area contributed by atoms with Gasteiger partial charge in [0.2, 0.25) is 0 Å². The molecule has 0 amide bonds. The van der Waals surface area contributed by atoms with Crippen LogP contribution in [-0.4, -0.2) is 9.78 Å². The van der Waals surface area contributed by atoms with Crippen LogP contribution in [0.15, 0.2) is 34.8 Å². The number of benzene rings is 1. The SMILES string of the molecule is CCc1cc(CC(N)c2ccccc2Br)n(C)n1. The summed E-state index contributed by atoms with van der Waals surface area (Å²) >= 11 is 3.55. The van der Waals surface area contributed by atoms with Gasteiger partial charge in [-0.25, -0.2) is 0 Å². The second-order valence-electron chi connectivity index (χ2n) is 4.44. The normalized spacial score (nSPS) is 12.7. The lowest BCUT2D eigenvalue weighted by atomic mass is 10.0. The maximum atomic E-state index is 6.28. The van der Waals surface area contributed by atoms with E-state index in [-0.39, 0.29) is 6.04 Å². The minimum Gasteiger partial charge on any atom is -0.324 e. The molecule has 0 saturated carbocycles. The maximum Gasteiger partial charge on any atom is 0.0624 e. The largest absolute Gasteiger partial charge is 0.324 e. The average Bonchev–Trinajstić information content (AvgIpc) is 2.70. The van der Waals surface area contributed by atoms with Crippen molar-refractivity contribution in [1.82, 2.24) is 9.78 Å². The molecule has 1 atom stereocenters. The van der Waals surface area contributed by atoms with Gasteiger partial charge in [-0.05, 0) is 24.1 Å². The summed E-state index contributed by atoms with van der Waals surface area (Å²) in [6.45, 7) is 2.11. The molecular weight excluding hydrogens is 290 g/mol. The van der Waals surface area contributed by atoms with Gasteiger partial charge in [0.05, 0.1) is 5.69 Å². The third-order valence-electron chi connectivity index (χ3n) is 3.12. The predicted octanol–water partition coefficient (Wildman–Crippen LogP) is 2.99. The van der Waals surface area contributed by atoms with Crippen LogP contribution in [0, 0.1) is 0 Å². The van der Waals surface area contributed by atoms with Crippen molar-refractivity contribution in [2.45, 2.75) is 25.8 Å². The summed E-state index contributed by atoms with van der Waals surface area (Å²) < 4.78 is 2.99. The first kappa shape index (κ1) is 13.3. The maximum absolute atomic E-state index is 6.28. The van der Waals surface area contributed by atoms with Crippen molar-refractivity contribution >= 4 is 15.9 Å². The van der Waals surface area contributed by atoms with Crippen molar-refractivity contribution in [2.24, 2.45) is 12.8 Å². The van der Waals surface area contributed by atoms with E-state index in [0.29, 0.717) is 0 Å². The summed E-state index contributed by atoms with van der Waals surface area (Å²) in [5.74, 6) is 0. The first-order valence-corrected chi connectivity index (χ1v) is 6.93. The Morgan fingerprint density at radius 1 is 1.39 bits per heavy atom. The van der Waals surface area contributed by atoms with Crippen molar-refractivity contribution < 1.29 is 0 Å². The van der Waals surface area contributed by atoms with Crippen molar-refractivity contribution in [3.05, 3.63) is 51.8 Å². The molecule has 0 aliphatic rings. The van der Waals surface area contributed by atoms with Crippen LogP contribution in [0.3, 0.4) is 0 Å². The first-order valence-electron chi connectivity index (χ1n) is 6.13. The van der Waals surface area contributed by atoms with Crippen LogP contribution in [0.2, 0.25) is 0 Å². The molecule has 0 saturated heterocycles. The molecule has 3 nitrogen and oxygen atoms in total. The highest BCUT2D eigenvalue weighted by atomic mass is 79.9. The van der Waals surface area contributed by atoms with Crippen LogP contribution in [0.5, 0.6) is 0 Å². The fourth-order valence-electron chi connectivity index (χ4n) is 2.05. The molecule has 2 N–H and O–H groups in total. The van der Waals surface area contributed by atoms with E-state index in [1.54, 1.807) is 0 Å². The minimum atomic E-state index is -0.0133. The summed E-state index contributed by atoms with van der Waals surface area (Å²) in [6, 6.07) is 10.2. The summed E-state index contributed by atoms with van der Waals surface area (Å²) in [5, 5.41) is 4.45. The van der Waals surface area contributed by atoms with E-state index < -0.39 is 0 Å². The molecular formula is C14H18BrN3. The zero-order valence-electron chi connectivity index (χ0n) is 10.7. The Hall–Kier alpha value is -1.13. The van der Waals surface area contributed by atoms with E-state index in [1.165, 1.54) is 5.69 Å². The number of rotatable bonds is 4. The van der Waals surface area contributed by atoms with Crippen molar-refractivity contribution in [3.63, 3.8) is 0 Å². The predicted molar refractivity (Wildman–Crippen MR) is 77.4 cm³/mol. The molecule has 1 unspecified atom stereocenters. The lowest BCUT2D eigenvalue weighted by Crippen LogP contribution is -2.15. The molecule has 2 aromatic rings.